The van der Waals surface area contributed by atoms with Crippen molar-refractivity contribution in [3.63, 3.8) is 0 Å². The summed E-state index contributed by atoms with van der Waals surface area (Å²) >= 11 is 11.7. The summed E-state index contributed by atoms with van der Waals surface area (Å²) < 4.78 is 4.98. The molecule has 1 aromatic heterocycles. The highest BCUT2D eigenvalue weighted by Gasteiger charge is 2.06. The third kappa shape index (κ3) is 1.69. The molecule has 2 rings (SSSR count). The molecule has 0 aliphatic carbocycles. The summed E-state index contributed by atoms with van der Waals surface area (Å²) in [4.78, 5) is 3.68. The van der Waals surface area contributed by atoms with E-state index in [9.17, 15) is 0 Å². The standard InChI is InChI=1S/C9H4Cl2NO/c10-6-1-2-8(11)7(3-6)9-4-12-5-13-9/h1-4H. The maximum Gasteiger partial charge on any atom is 0.284 e. The Morgan fingerprint density at radius 3 is 2.85 bits per heavy atom. The predicted molar refractivity (Wildman–Crippen MR) is 50.8 cm³/mol. The van der Waals surface area contributed by atoms with Crippen LogP contribution in [-0.4, -0.2) is 4.98 Å². The molecule has 0 saturated heterocycles. The van der Waals surface area contributed by atoms with Crippen molar-refractivity contribution in [1.29, 1.82) is 0 Å². The number of hydrogen-bond donors (Lipinski definition) is 0. The number of halogens is 2. The lowest BCUT2D eigenvalue weighted by Crippen LogP contribution is -1.76. The summed E-state index contributed by atoms with van der Waals surface area (Å²) in [6, 6.07) is 5.15. The van der Waals surface area contributed by atoms with E-state index >= 15 is 0 Å². The molecule has 0 spiro atoms. The minimum Gasteiger partial charge on any atom is -0.432 e. The molecule has 1 heterocycles. The number of hydrogen-bond acceptors (Lipinski definition) is 2. The molecule has 0 saturated carbocycles. The molecule has 1 aromatic carbocycles. The first kappa shape index (κ1) is 8.60. The first-order valence-electron chi connectivity index (χ1n) is 3.54. The Hall–Kier alpha value is -0.990. The van der Waals surface area contributed by atoms with Gasteiger partial charge in [0, 0.05) is 10.6 Å². The van der Waals surface area contributed by atoms with E-state index in [0.717, 1.165) is 5.56 Å². The molecule has 0 aliphatic rings. The number of rotatable bonds is 1. The smallest absolute Gasteiger partial charge is 0.284 e. The van der Waals surface area contributed by atoms with Gasteiger partial charge in [-0.15, -0.1) is 0 Å². The van der Waals surface area contributed by atoms with Crippen molar-refractivity contribution < 1.29 is 4.42 Å². The van der Waals surface area contributed by atoms with E-state index in [1.54, 1.807) is 18.2 Å². The van der Waals surface area contributed by atoms with E-state index in [4.69, 9.17) is 27.6 Å². The van der Waals surface area contributed by atoms with Crippen LogP contribution in [-0.2, 0) is 0 Å². The Balaban J connectivity index is 2.57. The van der Waals surface area contributed by atoms with Gasteiger partial charge in [-0.3, -0.25) is 0 Å². The lowest BCUT2D eigenvalue weighted by atomic mass is 10.2. The summed E-state index contributed by atoms with van der Waals surface area (Å²) in [5.74, 6) is 0.563. The molecule has 2 nitrogen and oxygen atoms in total. The molecule has 0 unspecified atom stereocenters. The van der Waals surface area contributed by atoms with Crippen molar-refractivity contribution in [3.8, 4) is 11.3 Å². The van der Waals surface area contributed by atoms with E-state index < -0.39 is 0 Å². The largest absolute Gasteiger partial charge is 0.432 e. The van der Waals surface area contributed by atoms with Crippen LogP contribution in [0, 0.1) is 6.39 Å². The van der Waals surface area contributed by atoms with Gasteiger partial charge in [-0.2, -0.15) is 0 Å². The molecule has 0 N–H and O–H groups in total. The summed E-state index contributed by atoms with van der Waals surface area (Å²) in [5, 5.41) is 1.19. The molecule has 0 fully saturated rings. The molecule has 1 radical (unpaired) electrons. The van der Waals surface area contributed by atoms with Crippen LogP contribution < -0.4 is 0 Å². The van der Waals surface area contributed by atoms with Crippen LogP contribution in [0.1, 0.15) is 0 Å². The molecule has 0 bridgehead atoms. The zero-order chi connectivity index (χ0) is 9.26. The summed E-state index contributed by atoms with van der Waals surface area (Å²) in [6.07, 6.45) is 3.89. The van der Waals surface area contributed by atoms with Crippen molar-refractivity contribution in [2.75, 3.05) is 0 Å². The fourth-order valence-electron chi connectivity index (χ4n) is 0.998. The number of benzene rings is 1. The Kier molecular flexibility index (Phi) is 2.25. The van der Waals surface area contributed by atoms with E-state index in [2.05, 4.69) is 11.4 Å². The lowest BCUT2D eigenvalue weighted by molar-refractivity contribution is 0.562. The SMILES string of the molecule is Clc1ccc(Cl)c(-c2cn[c]o2)c1. The second-order valence-electron chi connectivity index (χ2n) is 2.44. The Bertz CT molecular complexity index is 412. The average Bonchev–Trinajstić information content (AvgIpc) is 2.61. The zero-order valence-corrected chi connectivity index (χ0v) is 7.93. The lowest BCUT2D eigenvalue weighted by Gasteiger charge is -1.99. The Morgan fingerprint density at radius 2 is 2.15 bits per heavy atom. The van der Waals surface area contributed by atoms with Crippen LogP contribution >= 0.6 is 23.2 Å². The van der Waals surface area contributed by atoms with E-state index in [-0.39, 0.29) is 0 Å². The van der Waals surface area contributed by atoms with Crippen LogP contribution in [0.2, 0.25) is 10.0 Å². The molecule has 0 aliphatic heterocycles. The van der Waals surface area contributed by atoms with Gasteiger partial charge in [0.15, 0.2) is 5.76 Å². The monoisotopic (exact) mass is 212 g/mol. The highest BCUT2D eigenvalue weighted by Crippen LogP contribution is 2.29. The Morgan fingerprint density at radius 1 is 1.31 bits per heavy atom. The fraction of sp³-hybridized carbons (Fsp3) is 0. The van der Waals surface area contributed by atoms with Gasteiger partial charge in [0.05, 0.1) is 11.2 Å². The maximum atomic E-state index is 5.93. The fourth-order valence-corrected chi connectivity index (χ4v) is 1.38. The van der Waals surface area contributed by atoms with Gasteiger partial charge in [0.1, 0.15) is 0 Å². The van der Waals surface area contributed by atoms with Gasteiger partial charge >= 0.3 is 0 Å². The summed E-state index contributed by atoms with van der Waals surface area (Å²) in [6.45, 7) is 0. The third-order valence-electron chi connectivity index (χ3n) is 1.58. The second-order valence-corrected chi connectivity index (χ2v) is 3.28. The van der Waals surface area contributed by atoms with E-state index in [1.807, 2.05) is 0 Å². The predicted octanol–water partition coefficient (Wildman–Crippen LogP) is 3.45. The normalized spacial score (nSPS) is 10.3. The van der Waals surface area contributed by atoms with E-state index in [0.29, 0.717) is 15.8 Å². The summed E-state index contributed by atoms with van der Waals surface area (Å²) in [7, 11) is 0. The number of nitrogens with zero attached hydrogens (tertiary/aromatic N) is 1. The topological polar surface area (TPSA) is 26.0 Å². The average molecular weight is 213 g/mol. The number of oxazole rings is 1. The van der Waals surface area contributed by atoms with Crippen molar-refractivity contribution >= 4 is 23.2 Å². The van der Waals surface area contributed by atoms with Crippen LogP contribution in [0.25, 0.3) is 11.3 Å². The van der Waals surface area contributed by atoms with Gasteiger partial charge in [-0.05, 0) is 18.2 Å². The quantitative estimate of drug-likeness (QED) is 0.724. The molecule has 0 amide bonds. The molecular formula is C9H4Cl2NO. The first-order chi connectivity index (χ1) is 6.27. The second kappa shape index (κ2) is 3.40. The molecule has 2 aromatic rings. The van der Waals surface area contributed by atoms with Gasteiger partial charge in [-0.1, -0.05) is 23.2 Å². The molecular weight excluding hydrogens is 209 g/mol. The van der Waals surface area contributed by atoms with E-state index in [1.165, 1.54) is 6.20 Å². The van der Waals surface area contributed by atoms with Gasteiger partial charge in [0.2, 0.25) is 0 Å². The van der Waals surface area contributed by atoms with Crippen LogP contribution in [0.3, 0.4) is 0 Å². The molecule has 4 heteroatoms. The van der Waals surface area contributed by atoms with Crippen molar-refractivity contribution in [1.82, 2.24) is 4.98 Å². The van der Waals surface area contributed by atoms with Crippen molar-refractivity contribution in [2.24, 2.45) is 0 Å². The van der Waals surface area contributed by atoms with Gasteiger partial charge in [0.25, 0.3) is 6.39 Å². The first-order valence-corrected chi connectivity index (χ1v) is 4.30. The highest BCUT2D eigenvalue weighted by atomic mass is 35.5. The minimum atomic E-state index is 0.563. The number of aromatic nitrogens is 1. The van der Waals surface area contributed by atoms with Crippen molar-refractivity contribution in [3.05, 3.63) is 40.8 Å². The van der Waals surface area contributed by atoms with Gasteiger partial charge in [-0.25, -0.2) is 4.98 Å². The van der Waals surface area contributed by atoms with Gasteiger partial charge < -0.3 is 4.42 Å². The highest BCUT2D eigenvalue weighted by molar-refractivity contribution is 6.35. The summed E-state index contributed by atoms with van der Waals surface area (Å²) in [5.41, 5.74) is 0.725. The molecule has 0 atom stereocenters. The molecule has 13 heavy (non-hydrogen) atoms. The minimum absolute atomic E-state index is 0.563. The van der Waals surface area contributed by atoms with Crippen molar-refractivity contribution in [2.45, 2.75) is 0 Å². The zero-order valence-electron chi connectivity index (χ0n) is 6.42. The molecule has 65 valence electrons. The van der Waals surface area contributed by atoms with Crippen LogP contribution in [0.15, 0.2) is 28.8 Å². The third-order valence-corrected chi connectivity index (χ3v) is 2.15. The van der Waals surface area contributed by atoms with Crippen LogP contribution in [0.5, 0.6) is 0 Å². The Labute approximate surface area is 85.1 Å². The van der Waals surface area contributed by atoms with Crippen LogP contribution in [0.4, 0.5) is 0 Å². The maximum absolute atomic E-state index is 5.93.